The van der Waals surface area contributed by atoms with E-state index in [1.165, 1.54) is 0 Å². The molecule has 2 N–H and O–H groups in total. The van der Waals surface area contributed by atoms with Gasteiger partial charge < -0.3 is 5.73 Å². The number of carbonyl (C=O) groups is 2. The number of ketones is 2. The van der Waals surface area contributed by atoms with E-state index in [2.05, 4.69) is 0 Å². The molecule has 1 atom stereocenters. The van der Waals surface area contributed by atoms with Gasteiger partial charge in [0.25, 0.3) is 0 Å². The highest BCUT2D eigenvalue weighted by molar-refractivity contribution is 6.41. The maximum atomic E-state index is 12.6. The Labute approximate surface area is 121 Å². The molecule has 0 bridgehead atoms. The molecule has 2 aliphatic carbocycles. The van der Waals surface area contributed by atoms with Gasteiger partial charge in [-0.1, -0.05) is 48.9 Å². The molecule has 2 aliphatic rings. The van der Waals surface area contributed by atoms with E-state index < -0.39 is 0 Å². The summed E-state index contributed by atoms with van der Waals surface area (Å²) in [6.45, 7) is 1.94. The molecule has 0 amide bonds. The molecule has 0 spiro atoms. The lowest BCUT2D eigenvalue weighted by atomic mass is 9.83. The van der Waals surface area contributed by atoms with Crippen LogP contribution in [0.25, 0.3) is 0 Å². The van der Waals surface area contributed by atoms with Gasteiger partial charge in [-0.15, -0.1) is 0 Å². The molecular weight excluding hydrogens is 274 g/mol. The van der Waals surface area contributed by atoms with E-state index in [0.29, 0.717) is 21.9 Å². The van der Waals surface area contributed by atoms with Crippen molar-refractivity contribution < 1.29 is 9.59 Å². The van der Waals surface area contributed by atoms with E-state index in [-0.39, 0.29) is 28.6 Å². The number of halogens is 1. The maximum Gasteiger partial charge on any atom is 0.198 e. The Morgan fingerprint density at radius 3 is 2.70 bits per heavy atom. The predicted molar refractivity (Wildman–Crippen MR) is 78.8 cm³/mol. The molecule has 0 saturated carbocycles. The van der Waals surface area contributed by atoms with Crippen molar-refractivity contribution in [3.8, 4) is 0 Å². The second-order valence-electron chi connectivity index (χ2n) is 4.95. The summed E-state index contributed by atoms with van der Waals surface area (Å²) >= 11 is 6.22. The first-order valence-corrected chi connectivity index (χ1v) is 6.66. The van der Waals surface area contributed by atoms with Gasteiger partial charge in [0.15, 0.2) is 11.6 Å². The Bertz CT molecular complexity index is 741. The number of nitrogen functional groups attached to an aromatic ring is 1. The molecule has 4 heteroatoms. The van der Waals surface area contributed by atoms with E-state index >= 15 is 0 Å². The summed E-state index contributed by atoms with van der Waals surface area (Å²) in [5.41, 5.74) is 7.35. The Hall–Kier alpha value is -2.13. The lowest BCUT2D eigenvalue weighted by Crippen LogP contribution is -2.22. The van der Waals surface area contributed by atoms with Gasteiger partial charge in [0.05, 0.1) is 11.1 Å². The molecule has 0 fully saturated rings. The second-order valence-corrected chi connectivity index (χ2v) is 5.36. The molecule has 0 heterocycles. The van der Waals surface area contributed by atoms with Gasteiger partial charge >= 0.3 is 0 Å². The molecule has 0 saturated heterocycles. The summed E-state index contributed by atoms with van der Waals surface area (Å²) in [6, 6.07) is 4.91. The Balaban J connectivity index is 2.31. The van der Waals surface area contributed by atoms with Crippen LogP contribution in [0.2, 0.25) is 0 Å². The molecule has 1 aromatic carbocycles. The monoisotopic (exact) mass is 285 g/mol. The van der Waals surface area contributed by atoms with Crippen LogP contribution in [-0.4, -0.2) is 11.6 Å². The van der Waals surface area contributed by atoms with Crippen molar-refractivity contribution in [1.82, 2.24) is 0 Å². The number of hydrogen-bond donors (Lipinski definition) is 1. The average molecular weight is 286 g/mol. The van der Waals surface area contributed by atoms with Crippen molar-refractivity contribution >= 4 is 28.9 Å². The molecule has 0 aromatic heterocycles. The van der Waals surface area contributed by atoms with Gasteiger partial charge in [0, 0.05) is 21.9 Å². The molecular formula is C16H12ClNO2. The fourth-order valence-corrected chi connectivity index (χ4v) is 2.92. The zero-order valence-electron chi connectivity index (χ0n) is 10.8. The quantitative estimate of drug-likeness (QED) is 0.744. The molecule has 1 unspecified atom stereocenters. The number of anilines is 1. The number of fused-ring (bicyclic) bond motifs is 1. The van der Waals surface area contributed by atoms with Crippen LogP contribution in [0.5, 0.6) is 0 Å². The Morgan fingerprint density at radius 2 is 1.95 bits per heavy atom. The molecule has 100 valence electrons. The molecule has 3 rings (SSSR count). The van der Waals surface area contributed by atoms with Crippen LogP contribution in [0.4, 0.5) is 5.69 Å². The van der Waals surface area contributed by atoms with Crippen LogP contribution in [-0.2, 0) is 0 Å². The number of carbonyl (C=O) groups excluding carboxylic acids is 2. The Kier molecular flexibility index (Phi) is 2.87. The highest BCUT2D eigenvalue weighted by atomic mass is 35.5. The molecule has 0 radical (unpaired) electrons. The third-order valence-corrected chi connectivity index (χ3v) is 3.84. The van der Waals surface area contributed by atoms with Gasteiger partial charge in [-0.3, -0.25) is 9.59 Å². The van der Waals surface area contributed by atoms with Crippen molar-refractivity contribution in [3.63, 3.8) is 0 Å². The van der Waals surface area contributed by atoms with Crippen molar-refractivity contribution in [3.05, 3.63) is 63.7 Å². The van der Waals surface area contributed by atoms with E-state index in [4.69, 9.17) is 17.3 Å². The number of benzene rings is 1. The second kappa shape index (κ2) is 4.46. The average Bonchev–Trinajstić information content (AvgIpc) is 2.54. The van der Waals surface area contributed by atoms with E-state index in [1.54, 1.807) is 30.4 Å². The topological polar surface area (TPSA) is 60.2 Å². The van der Waals surface area contributed by atoms with Crippen LogP contribution in [0, 0.1) is 5.92 Å². The van der Waals surface area contributed by atoms with E-state index in [1.807, 2.05) is 13.0 Å². The van der Waals surface area contributed by atoms with Crippen LogP contribution in [0.15, 0.2) is 52.6 Å². The van der Waals surface area contributed by atoms with Gasteiger partial charge in [-0.05, 0) is 12.0 Å². The largest absolute Gasteiger partial charge is 0.398 e. The minimum Gasteiger partial charge on any atom is -0.398 e. The van der Waals surface area contributed by atoms with Gasteiger partial charge in [-0.25, -0.2) is 0 Å². The fraction of sp³-hybridized carbons (Fsp3) is 0.125. The first-order valence-electron chi connectivity index (χ1n) is 6.28. The minimum atomic E-state index is -0.285. The summed E-state index contributed by atoms with van der Waals surface area (Å²) < 4.78 is 0. The highest BCUT2D eigenvalue weighted by Crippen LogP contribution is 2.37. The molecule has 1 aromatic rings. The highest BCUT2D eigenvalue weighted by Gasteiger charge is 2.34. The summed E-state index contributed by atoms with van der Waals surface area (Å²) in [4.78, 5) is 25.2. The fourth-order valence-electron chi connectivity index (χ4n) is 2.53. The number of nitrogens with two attached hydrogens (primary N) is 1. The molecule has 0 aliphatic heterocycles. The van der Waals surface area contributed by atoms with Crippen LogP contribution < -0.4 is 5.73 Å². The normalized spacial score (nSPS) is 21.3. The summed E-state index contributed by atoms with van der Waals surface area (Å²) in [5, 5.41) is 0.310. The maximum absolute atomic E-state index is 12.6. The lowest BCUT2D eigenvalue weighted by Gasteiger charge is -2.19. The van der Waals surface area contributed by atoms with Crippen LogP contribution >= 0.6 is 11.6 Å². The van der Waals surface area contributed by atoms with E-state index in [0.717, 1.165) is 0 Å². The molecule has 3 nitrogen and oxygen atoms in total. The van der Waals surface area contributed by atoms with Gasteiger partial charge in [0.1, 0.15) is 0 Å². The first-order chi connectivity index (χ1) is 9.50. The number of rotatable bonds is 0. The van der Waals surface area contributed by atoms with Crippen molar-refractivity contribution in [2.24, 2.45) is 5.92 Å². The van der Waals surface area contributed by atoms with Crippen molar-refractivity contribution in [2.75, 3.05) is 5.73 Å². The SMILES string of the molecule is CC1C=CC2=C(C(=O)c3c(N)cccc3C2=O)C(Cl)=C1. The van der Waals surface area contributed by atoms with Crippen molar-refractivity contribution in [1.29, 1.82) is 0 Å². The number of allylic oxidation sites excluding steroid dienone is 6. The smallest absolute Gasteiger partial charge is 0.198 e. The third-order valence-electron chi connectivity index (χ3n) is 3.52. The van der Waals surface area contributed by atoms with Crippen LogP contribution in [0.3, 0.4) is 0 Å². The van der Waals surface area contributed by atoms with E-state index in [9.17, 15) is 9.59 Å². The molecule has 20 heavy (non-hydrogen) atoms. The predicted octanol–water partition coefficient (Wildman–Crippen LogP) is 3.27. The number of Topliss-reactive ketones (excluding diaryl/α,β-unsaturated/α-hetero) is 2. The zero-order valence-corrected chi connectivity index (χ0v) is 11.6. The Morgan fingerprint density at radius 1 is 1.20 bits per heavy atom. The van der Waals surface area contributed by atoms with Gasteiger partial charge in [-0.2, -0.15) is 0 Å². The van der Waals surface area contributed by atoms with Gasteiger partial charge in [0.2, 0.25) is 0 Å². The third kappa shape index (κ3) is 1.74. The summed E-state index contributed by atoms with van der Waals surface area (Å²) in [6.07, 6.45) is 5.29. The van der Waals surface area contributed by atoms with Crippen LogP contribution in [0.1, 0.15) is 27.6 Å². The zero-order chi connectivity index (χ0) is 14.4. The summed E-state index contributed by atoms with van der Waals surface area (Å²) in [5.74, 6) is -0.430. The van der Waals surface area contributed by atoms with Crippen molar-refractivity contribution in [2.45, 2.75) is 6.92 Å². The minimum absolute atomic E-state index is 0.0640. The number of hydrogen-bond acceptors (Lipinski definition) is 3. The summed E-state index contributed by atoms with van der Waals surface area (Å²) in [7, 11) is 0. The lowest BCUT2D eigenvalue weighted by molar-refractivity contribution is 0.0981. The first kappa shape index (κ1) is 12.9. The standard InChI is InChI=1S/C16H12ClNO2/c1-8-5-6-10-13(11(17)7-8)16(20)14-9(15(10)19)3-2-4-12(14)18/h2-8H,18H2,1H3.